The van der Waals surface area contributed by atoms with Crippen molar-refractivity contribution >= 4 is 35.2 Å². The number of piperidine rings is 1. The van der Waals surface area contributed by atoms with E-state index in [1.165, 1.54) is 0 Å². The lowest BCUT2D eigenvalue weighted by molar-refractivity contribution is -0.123. The van der Waals surface area contributed by atoms with E-state index in [9.17, 15) is 19.2 Å². The number of esters is 1. The van der Waals surface area contributed by atoms with Gasteiger partial charge in [-0.05, 0) is 56.4 Å². The van der Waals surface area contributed by atoms with Gasteiger partial charge < -0.3 is 20.3 Å². The van der Waals surface area contributed by atoms with Crippen LogP contribution in [0, 0.1) is 0 Å². The summed E-state index contributed by atoms with van der Waals surface area (Å²) in [6.45, 7) is 5.25. The van der Waals surface area contributed by atoms with Gasteiger partial charge in [0.1, 0.15) is 5.82 Å². The van der Waals surface area contributed by atoms with Crippen molar-refractivity contribution in [3.8, 4) is 0 Å². The molecule has 0 saturated carbocycles. The normalized spacial score (nSPS) is 19.3. The van der Waals surface area contributed by atoms with Crippen LogP contribution in [0.1, 0.15) is 80.6 Å². The Morgan fingerprint density at radius 3 is 2.67 bits per heavy atom. The van der Waals surface area contributed by atoms with Crippen molar-refractivity contribution in [2.24, 2.45) is 0 Å². The molecule has 192 valence electrons. The number of ether oxygens (including phenoxy) is 1. The number of fused-ring (bicyclic) bond motifs is 1. The maximum atomic E-state index is 13.1. The number of H-pyrrole nitrogens is 1. The molecule has 1 fully saturated rings. The molecule has 10 nitrogen and oxygen atoms in total. The molecule has 0 aliphatic carbocycles. The highest BCUT2D eigenvalue weighted by Gasteiger charge is 2.36. The van der Waals surface area contributed by atoms with Crippen LogP contribution in [-0.4, -0.2) is 46.9 Å². The number of benzene rings is 1. The van der Waals surface area contributed by atoms with Crippen molar-refractivity contribution in [1.82, 2.24) is 9.97 Å². The van der Waals surface area contributed by atoms with Gasteiger partial charge in [0.2, 0.25) is 17.8 Å². The van der Waals surface area contributed by atoms with Crippen LogP contribution in [0.15, 0.2) is 29.1 Å². The number of aromatic amines is 1. The van der Waals surface area contributed by atoms with Gasteiger partial charge in [-0.15, -0.1) is 0 Å². The topological polar surface area (TPSA) is 133 Å². The minimum absolute atomic E-state index is 0.135. The summed E-state index contributed by atoms with van der Waals surface area (Å²) in [6.07, 6.45) is 5.64. The van der Waals surface area contributed by atoms with Gasteiger partial charge in [0.25, 0.3) is 5.56 Å². The number of rotatable bonds is 8. The third-order valence-electron chi connectivity index (χ3n) is 6.74. The van der Waals surface area contributed by atoms with Gasteiger partial charge in [-0.25, -0.2) is 4.79 Å². The number of unbranched alkanes of at least 4 members (excludes halogenated alkanes) is 1. The van der Waals surface area contributed by atoms with Crippen molar-refractivity contribution < 1.29 is 19.1 Å². The maximum absolute atomic E-state index is 13.1. The molecule has 2 aliphatic heterocycles. The zero-order chi connectivity index (χ0) is 25.7. The molecule has 36 heavy (non-hydrogen) atoms. The lowest BCUT2D eigenvalue weighted by Gasteiger charge is -2.36. The molecule has 2 amide bonds. The summed E-state index contributed by atoms with van der Waals surface area (Å²) in [5, 5.41) is 5.43. The summed E-state index contributed by atoms with van der Waals surface area (Å²) in [5.74, 6) is -1.71. The van der Waals surface area contributed by atoms with Gasteiger partial charge in [0.05, 0.1) is 23.7 Å². The van der Waals surface area contributed by atoms with Crippen LogP contribution in [0.5, 0.6) is 0 Å². The fourth-order valence-electron chi connectivity index (χ4n) is 4.73. The van der Waals surface area contributed by atoms with Crippen molar-refractivity contribution in [1.29, 1.82) is 0 Å². The third kappa shape index (κ3) is 5.58. The van der Waals surface area contributed by atoms with E-state index in [4.69, 9.17) is 4.74 Å². The first-order valence-electron chi connectivity index (χ1n) is 12.7. The van der Waals surface area contributed by atoms with Gasteiger partial charge in [-0.3, -0.25) is 19.4 Å². The number of nitrogens with zero attached hydrogens (tertiary/aromatic N) is 2. The van der Waals surface area contributed by atoms with Crippen LogP contribution in [0.25, 0.3) is 0 Å². The van der Waals surface area contributed by atoms with Crippen LogP contribution in [0.3, 0.4) is 0 Å². The second-order valence-electron chi connectivity index (χ2n) is 9.26. The minimum Gasteiger partial charge on any atom is -0.462 e. The summed E-state index contributed by atoms with van der Waals surface area (Å²) >= 11 is 0. The van der Waals surface area contributed by atoms with E-state index >= 15 is 0 Å². The average Bonchev–Trinajstić information content (AvgIpc) is 2.88. The van der Waals surface area contributed by atoms with Gasteiger partial charge in [0.15, 0.2) is 0 Å². The molecule has 4 rings (SSSR count). The highest BCUT2D eigenvalue weighted by atomic mass is 16.5. The molecule has 2 aromatic rings. The van der Waals surface area contributed by atoms with E-state index in [0.29, 0.717) is 23.8 Å². The lowest BCUT2D eigenvalue weighted by Crippen LogP contribution is -2.43. The highest BCUT2D eigenvalue weighted by molar-refractivity contribution is 6.04. The zero-order valence-electron chi connectivity index (χ0n) is 20.8. The van der Waals surface area contributed by atoms with E-state index < -0.39 is 23.4 Å². The van der Waals surface area contributed by atoms with E-state index in [0.717, 1.165) is 45.1 Å². The first kappa shape index (κ1) is 25.4. The smallest absolute Gasteiger partial charge is 0.338 e. The van der Waals surface area contributed by atoms with Crippen molar-refractivity contribution in [2.45, 2.75) is 70.8 Å². The molecule has 3 heterocycles. The van der Waals surface area contributed by atoms with Crippen LogP contribution in [-0.2, 0) is 14.3 Å². The molecule has 2 aliphatic rings. The monoisotopic (exact) mass is 495 g/mol. The van der Waals surface area contributed by atoms with E-state index in [1.807, 2.05) is 6.92 Å². The predicted octanol–water partition coefficient (Wildman–Crippen LogP) is 3.56. The summed E-state index contributed by atoms with van der Waals surface area (Å²) in [6, 6.07) is 6.57. The molecule has 0 spiro atoms. The van der Waals surface area contributed by atoms with E-state index in [-0.39, 0.29) is 29.8 Å². The molecule has 1 saturated heterocycles. The number of nitrogens with one attached hydrogen (secondary N) is 3. The lowest BCUT2D eigenvalue weighted by atomic mass is 9.92. The summed E-state index contributed by atoms with van der Waals surface area (Å²) in [5.41, 5.74) is 0.540. The standard InChI is InChI=1S/C26H33N5O5/c1-3-5-14-36-25(35)16-9-11-17(12-10-16)27-23(33)19-15-20(32)28-22-21(19)24(34)30-26(29-22)31-13-7-6-8-18(31)4-2/h9-12,18-19H,3-8,13-15H2,1-2H3,(H,27,33)(H2,28,29,30,32,34)/t18-,19+/m1/s1. The molecule has 1 aromatic heterocycles. The second kappa shape index (κ2) is 11.4. The average molecular weight is 496 g/mol. The fraction of sp³-hybridized carbons (Fsp3) is 0.500. The Bertz CT molecular complexity index is 1180. The summed E-state index contributed by atoms with van der Waals surface area (Å²) in [7, 11) is 0. The number of hydrogen-bond acceptors (Lipinski definition) is 7. The molecule has 10 heteroatoms. The molecular weight excluding hydrogens is 462 g/mol. The van der Waals surface area contributed by atoms with Gasteiger partial charge in [-0.2, -0.15) is 4.98 Å². The molecule has 0 unspecified atom stereocenters. The summed E-state index contributed by atoms with van der Waals surface area (Å²) < 4.78 is 5.20. The second-order valence-corrected chi connectivity index (χ2v) is 9.26. The largest absolute Gasteiger partial charge is 0.462 e. The van der Waals surface area contributed by atoms with Gasteiger partial charge in [-0.1, -0.05) is 20.3 Å². The number of anilines is 3. The Kier molecular flexibility index (Phi) is 8.02. The Balaban J connectivity index is 1.51. The quantitative estimate of drug-likeness (QED) is 0.377. The molecule has 0 bridgehead atoms. The van der Waals surface area contributed by atoms with Gasteiger partial charge >= 0.3 is 5.97 Å². The minimum atomic E-state index is -0.985. The zero-order valence-corrected chi connectivity index (χ0v) is 20.8. The molecule has 1 aromatic carbocycles. The predicted molar refractivity (Wildman–Crippen MR) is 136 cm³/mol. The first-order valence-corrected chi connectivity index (χ1v) is 12.7. The third-order valence-corrected chi connectivity index (χ3v) is 6.74. The van der Waals surface area contributed by atoms with Crippen LogP contribution in [0.4, 0.5) is 17.5 Å². The van der Waals surface area contributed by atoms with E-state index in [1.54, 1.807) is 24.3 Å². The van der Waals surface area contributed by atoms with Crippen LogP contribution in [0.2, 0.25) is 0 Å². The maximum Gasteiger partial charge on any atom is 0.338 e. The fourth-order valence-corrected chi connectivity index (χ4v) is 4.73. The summed E-state index contributed by atoms with van der Waals surface area (Å²) in [4.78, 5) is 60.3. The number of hydrogen-bond donors (Lipinski definition) is 3. The number of amides is 2. The SMILES string of the molecule is CCCCOC(=O)c1ccc(NC(=O)[C@H]2CC(=O)Nc3nc(N4CCCC[C@H]4CC)[nH]c(=O)c32)cc1. The molecule has 2 atom stereocenters. The Morgan fingerprint density at radius 2 is 1.94 bits per heavy atom. The number of carbonyl (C=O) groups excluding carboxylic acids is 3. The van der Waals surface area contributed by atoms with E-state index in [2.05, 4.69) is 32.4 Å². The van der Waals surface area contributed by atoms with Gasteiger partial charge in [0, 0.05) is 24.7 Å². The highest BCUT2D eigenvalue weighted by Crippen LogP contribution is 2.31. The Labute approximate surface area is 209 Å². The van der Waals surface area contributed by atoms with Crippen molar-refractivity contribution in [3.05, 3.63) is 45.7 Å². The molecule has 3 N–H and O–H groups in total. The van der Waals surface area contributed by atoms with Crippen molar-refractivity contribution in [2.75, 3.05) is 28.7 Å². The molecular formula is C26H33N5O5. The number of carbonyl (C=O) groups is 3. The Morgan fingerprint density at radius 1 is 1.17 bits per heavy atom. The number of aromatic nitrogens is 2. The Hall–Kier alpha value is -3.69. The first-order chi connectivity index (χ1) is 17.4. The molecule has 0 radical (unpaired) electrons. The van der Waals surface area contributed by atoms with Crippen molar-refractivity contribution in [3.63, 3.8) is 0 Å². The van der Waals surface area contributed by atoms with Crippen LogP contribution >= 0.6 is 0 Å². The van der Waals surface area contributed by atoms with Crippen LogP contribution < -0.4 is 21.1 Å².